The van der Waals surface area contributed by atoms with Gasteiger partial charge in [-0.2, -0.15) is 0 Å². The molecule has 430 valence electrons. The molecule has 2 aromatic carbocycles. The smallest absolute Gasteiger partial charge is 0.328 e. The second-order valence-corrected chi connectivity index (χ2v) is 20.6. The SMILES string of the molecule is CC(C)C[C@@H]1NC(=O)[C@@H](C(C)C)NC(=O)CNC(=O)CNC(=O)[C@@H](C(C)C)NC(=O)[C@H](Cc2ccccc2)N(C)C(=O)[C@H](C(C)C)NC(=O)[C@@H](CC(N)=O)NC(=O)[C@H](NC(=O)/C=C/c2ccccc2/C=C/C(=O)O)[C@@H](C)OC1=O. The number of rotatable bonds is 14. The lowest BCUT2D eigenvalue weighted by Gasteiger charge is -2.34. The molecule has 0 aromatic heterocycles. The zero-order chi connectivity index (χ0) is 59.3. The number of primary amides is 1. The third-order valence-electron chi connectivity index (χ3n) is 12.5. The molecule has 10 amide bonds. The number of nitrogens with one attached hydrogen (secondary N) is 8. The van der Waals surface area contributed by atoms with Crippen LogP contribution in [-0.4, -0.2) is 150 Å². The minimum absolute atomic E-state index is 0.0281. The van der Waals surface area contributed by atoms with E-state index in [2.05, 4.69) is 42.5 Å². The van der Waals surface area contributed by atoms with Crippen LogP contribution in [-0.2, 0) is 68.7 Å². The maximum atomic E-state index is 14.6. The Labute approximate surface area is 459 Å². The van der Waals surface area contributed by atoms with Crippen molar-refractivity contribution in [2.75, 3.05) is 20.1 Å². The molecule has 24 nitrogen and oxygen atoms in total. The molecule has 0 bridgehead atoms. The molecule has 3 rings (SSSR count). The molecule has 0 spiro atoms. The van der Waals surface area contributed by atoms with E-state index in [1.165, 1.54) is 26.1 Å². The minimum Gasteiger partial charge on any atom is -0.478 e. The quantitative estimate of drug-likeness (QED) is 0.0869. The van der Waals surface area contributed by atoms with Crippen molar-refractivity contribution in [1.82, 2.24) is 47.4 Å². The van der Waals surface area contributed by atoms with Crippen LogP contribution in [0.2, 0.25) is 0 Å². The number of nitrogens with zero attached hydrogens (tertiary/aromatic N) is 1. The summed E-state index contributed by atoms with van der Waals surface area (Å²) in [6.07, 6.45) is 1.95. The van der Waals surface area contributed by atoms with Gasteiger partial charge >= 0.3 is 11.9 Å². The topological polar surface area (TPSA) is 360 Å². The predicted octanol–water partition coefficient (Wildman–Crippen LogP) is -0.157. The van der Waals surface area contributed by atoms with Gasteiger partial charge in [0.25, 0.3) is 0 Å². The van der Waals surface area contributed by atoms with Crippen molar-refractivity contribution in [3.8, 4) is 0 Å². The molecule has 1 aliphatic heterocycles. The number of aliphatic carboxylic acids is 1. The number of carboxylic acid groups (broad SMARTS) is 1. The first-order valence-electron chi connectivity index (χ1n) is 25.9. The van der Waals surface area contributed by atoms with Crippen LogP contribution in [0.3, 0.4) is 0 Å². The second-order valence-electron chi connectivity index (χ2n) is 20.6. The third-order valence-corrected chi connectivity index (χ3v) is 12.5. The number of carbonyl (C=O) groups is 12. The minimum atomic E-state index is -1.87. The van der Waals surface area contributed by atoms with E-state index >= 15 is 0 Å². The number of carbonyl (C=O) groups excluding carboxylic acids is 11. The fraction of sp³-hybridized carbons (Fsp3) is 0.491. The lowest BCUT2D eigenvalue weighted by atomic mass is 9.97. The number of carboxylic acids is 1. The molecule has 1 fully saturated rings. The zero-order valence-corrected chi connectivity index (χ0v) is 46.2. The van der Waals surface area contributed by atoms with Crippen LogP contribution in [0.15, 0.2) is 66.7 Å². The summed E-state index contributed by atoms with van der Waals surface area (Å²) in [6.45, 7) is 13.1. The molecule has 0 radical (unpaired) electrons. The van der Waals surface area contributed by atoms with Gasteiger partial charge in [-0.05, 0) is 65.9 Å². The molecule has 79 heavy (non-hydrogen) atoms. The van der Waals surface area contributed by atoms with Crippen molar-refractivity contribution in [2.45, 2.75) is 130 Å². The summed E-state index contributed by atoms with van der Waals surface area (Å²) in [7, 11) is 1.32. The summed E-state index contributed by atoms with van der Waals surface area (Å²) >= 11 is 0. The van der Waals surface area contributed by atoms with E-state index in [-0.39, 0.29) is 18.8 Å². The fourth-order valence-electron chi connectivity index (χ4n) is 8.14. The molecular formula is C55H76N10O14. The van der Waals surface area contributed by atoms with Crippen molar-refractivity contribution in [3.63, 3.8) is 0 Å². The molecule has 0 unspecified atom stereocenters. The summed E-state index contributed by atoms with van der Waals surface area (Å²) in [6, 6.07) is 4.62. The average molecular weight is 1100 g/mol. The lowest BCUT2D eigenvalue weighted by Crippen LogP contribution is -2.62. The highest BCUT2D eigenvalue weighted by Crippen LogP contribution is 2.17. The van der Waals surface area contributed by atoms with Crippen molar-refractivity contribution in [2.24, 2.45) is 29.4 Å². The standard InChI is InChI=1S/C55H76N10O14/c1-29(2)24-38-55(78)79-33(9)48(61-41(67)22-20-35-18-14-15-19-36(35)21-23-44(70)71)53(76)59-37(26-40(56)66)49(72)64-47(32(7)8)54(77)65(10)39(25-34-16-12-11-13-17-34)50(73)63-45(30(3)4)51(74)58-27-42(68)57-28-43(69)62-46(31(5)6)52(75)60-38/h11-23,29-33,37-39,45-48H,24-28H2,1-10H3,(H2,56,66)(H,57,68)(H,58,74)(H,59,76)(H,60,75)(H,61,67)(H,62,69)(H,63,73)(H,64,72)(H,70,71)/b22-20+,23-21+/t33-,37-,38+,39+,45-,46-,47+,48-/m1/s1. The molecular weight excluding hydrogens is 1020 g/mol. The van der Waals surface area contributed by atoms with E-state index < -0.39 is 157 Å². The van der Waals surface area contributed by atoms with Crippen LogP contribution < -0.4 is 48.3 Å². The van der Waals surface area contributed by atoms with Gasteiger partial charge in [-0.1, -0.05) is 110 Å². The summed E-state index contributed by atoms with van der Waals surface area (Å²) in [5.74, 6) is -13.6. The Hall–Kier alpha value is -8.44. The Morgan fingerprint density at radius 1 is 0.658 bits per heavy atom. The maximum Gasteiger partial charge on any atom is 0.328 e. The van der Waals surface area contributed by atoms with E-state index in [9.17, 15) is 62.6 Å². The van der Waals surface area contributed by atoms with Gasteiger partial charge in [0.1, 0.15) is 48.4 Å². The first-order valence-corrected chi connectivity index (χ1v) is 25.9. The molecule has 0 aliphatic carbocycles. The first kappa shape index (κ1) is 64.8. The number of hydrogen-bond acceptors (Lipinski definition) is 13. The van der Waals surface area contributed by atoms with E-state index in [0.717, 1.165) is 17.1 Å². The largest absolute Gasteiger partial charge is 0.478 e. The number of ether oxygens (including phenoxy) is 1. The van der Waals surface area contributed by atoms with Gasteiger partial charge in [0.2, 0.25) is 59.1 Å². The molecule has 1 heterocycles. The Bertz CT molecular complexity index is 2600. The summed E-state index contributed by atoms with van der Waals surface area (Å²) < 4.78 is 5.79. The molecule has 24 heteroatoms. The maximum absolute atomic E-state index is 14.6. The number of hydrogen-bond donors (Lipinski definition) is 10. The zero-order valence-electron chi connectivity index (χ0n) is 46.2. The first-order chi connectivity index (χ1) is 37.1. The molecule has 11 N–H and O–H groups in total. The Morgan fingerprint density at radius 3 is 1.75 bits per heavy atom. The van der Waals surface area contributed by atoms with Crippen LogP contribution in [0.1, 0.15) is 91.8 Å². The molecule has 1 aliphatic rings. The highest BCUT2D eigenvalue weighted by Gasteiger charge is 2.40. The van der Waals surface area contributed by atoms with Crippen LogP contribution in [0.4, 0.5) is 0 Å². The van der Waals surface area contributed by atoms with Crippen LogP contribution in [0.5, 0.6) is 0 Å². The Balaban J connectivity index is 2.20. The van der Waals surface area contributed by atoms with Gasteiger partial charge in [0.05, 0.1) is 19.5 Å². The van der Waals surface area contributed by atoms with Crippen molar-refractivity contribution in [1.29, 1.82) is 0 Å². The molecule has 2 aromatic rings. The second kappa shape index (κ2) is 31.1. The number of cyclic esters (lactones) is 1. The molecule has 8 atom stereocenters. The van der Waals surface area contributed by atoms with Crippen LogP contribution in [0, 0.1) is 23.7 Å². The average Bonchev–Trinajstić information content (AvgIpc) is 3.37. The number of nitrogens with two attached hydrogens (primary N) is 1. The normalized spacial score (nSPS) is 23.5. The van der Waals surface area contributed by atoms with Crippen molar-refractivity contribution >= 4 is 83.2 Å². The van der Waals surface area contributed by atoms with E-state index in [1.807, 2.05) is 0 Å². The number of likely N-dealkylation sites (N-methyl/N-ethyl adjacent to an activating group) is 1. The van der Waals surface area contributed by atoms with E-state index in [4.69, 9.17) is 10.5 Å². The Kier molecular flexibility index (Phi) is 25.5. The van der Waals surface area contributed by atoms with Gasteiger partial charge in [0, 0.05) is 25.6 Å². The summed E-state index contributed by atoms with van der Waals surface area (Å²) in [5, 5.41) is 29.3. The number of benzene rings is 2. The van der Waals surface area contributed by atoms with Crippen molar-refractivity contribution in [3.05, 3.63) is 83.4 Å². The monoisotopic (exact) mass is 1100 g/mol. The summed E-state index contributed by atoms with van der Waals surface area (Å²) in [5.41, 5.74) is 7.00. The van der Waals surface area contributed by atoms with Gasteiger partial charge in [-0.15, -0.1) is 0 Å². The number of amides is 10. The highest BCUT2D eigenvalue weighted by molar-refractivity contribution is 6.00. The summed E-state index contributed by atoms with van der Waals surface area (Å²) in [4.78, 5) is 164. The predicted molar refractivity (Wildman–Crippen MR) is 290 cm³/mol. The molecule has 0 saturated carbocycles. The van der Waals surface area contributed by atoms with Crippen LogP contribution >= 0.6 is 0 Å². The highest BCUT2D eigenvalue weighted by atomic mass is 16.5. The fourth-order valence-corrected chi connectivity index (χ4v) is 8.14. The molecule has 1 saturated heterocycles. The third kappa shape index (κ3) is 21.1. The van der Waals surface area contributed by atoms with Gasteiger partial charge in [0.15, 0.2) is 0 Å². The van der Waals surface area contributed by atoms with Gasteiger partial charge in [-0.3, -0.25) is 47.9 Å². The van der Waals surface area contributed by atoms with Crippen LogP contribution in [0.25, 0.3) is 12.2 Å². The van der Waals surface area contributed by atoms with E-state index in [1.54, 1.807) is 110 Å². The Morgan fingerprint density at radius 2 is 1.19 bits per heavy atom. The van der Waals surface area contributed by atoms with Gasteiger partial charge < -0.3 is 63.0 Å². The lowest BCUT2D eigenvalue weighted by molar-refractivity contribution is -0.156. The van der Waals surface area contributed by atoms with Crippen molar-refractivity contribution < 1.29 is 67.4 Å². The van der Waals surface area contributed by atoms with E-state index in [0.29, 0.717) is 16.7 Å². The van der Waals surface area contributed by atoms with Gasteiger partial charge in [-0.25, -0.2) is 9.59 Å². The number of esters is 1.